The molecule has 0 aromatic carbocycles. The third kappa shape index (κ3) is 5.24. The molecule has 128 valence electrons. The van der Waals surface area contributed by atoms with Crippen molar-refractivity contribution < 1.29 is 38.1 Å². The predicted molar refractivity (Wildman–Crippen MR) is 78.0 cm³/mol. The summed E-state index contributed by atoms with van der Waals surface area (Å²) >= 11 is 0. The lowest BCUT2D eigenvalue weighted by molar-refractivity contribution is -0.141. The van der Waals surface area contributed by atoms with Crippen LogP contribution in [0.25, 0.3) is 0 Å². The summed E-state index contributed by atoms with van der Waals surface area (Å²) in [5, 5.41) is 0. The van der Waals surface area contributed by atoms with E-state index in [-0.39, 0.29) is 5.57 Å². The Hall–Kier alpha value is -2.64. The molecule has 0 radical (unpaired) electrons. The second kappa shape index (κ2) is 9.39. The highest BCUT2D eigenvalue weighted by Gasteiger charge is 2.32. The molecule has 0 bridgehead atoms. The van der Waals surface area contributed by atoms with E-state index in [4.69, 9.17) is 0 Å². The Balaban J connectivity index is 6.67. The van der Waals surface area contributed by atoms with Crippen molar-refractivity contribution in [2.24, 2.45) is 5.92 Å². The van der Waals surface area contributed by atoms with Crippen LogP contribution in [0.15, 0.2) is 22.8 Å². The monoisotopic (exact) mass is 328 g/mol. The van der Waals surface area contributed by atoms with Crippen molar-refractivity contribution in [3.63, 3.8) is 0 Å². The zero-order chi connectivity index (χ0) is 18.2. The van der Waals surface area contributed by atoms with Crippen molar-refractivity contribution in [1.82, 2.24) is 0 Å². The van der Waals surface area contributed by atoms with Crippen molar-refractivity contribution in [2.45, 2.75) is 13.8 Å². The molecule has 0 spiro atoms. The Labute approximate surface area is 134 Å². The van der Waals surface area contributed by atoms with E-state index in [1.165, 1.54) is 0 Å². The normalized spacial score (nSPS) is 12.2. The highest BCUT2D eigenvalue weighted by molar-refractivity contribution is 6.14. The Kier molecular flexibility index (Phi) is 8.31. The third-order valence-corrected chi connectivity index (χ3v) is 2.78. The van der Waals surface area contributed by atoms with Gasteiger partial charge in [0.15, 0.2) is 0 Å². The summed E-state index contributed by atoms with van der Waals surface area (Å²) < 4.78 is 18.3. The van der Waals surface area contributed by atoms with Crippen molar-refractivity contribution in [1.29, 1.82) is 0 Å². The molecule has 0 aromatic heterocycles. The van der Waals surface area contributed by atoms with Gasteiger partial charge in [0.05, 0.1) is 45.2 Å². The summed E-state index contributed by atoms with van der Waals surface area (Å²) in [5.41, 5.74) is -0.994. The van der Waals surface area contributed by atoms with Gasteiger partial charge in [-0.15, -0.1) is 0 Å². The smallest absolute Gasteiger partial charge is 0.339 e. The minimum atomic E-state index is -1.00. The SMILES string of the molecule is COC(=O)/C=C(C(=O)OC)/C(C(=O)OC)=C(/C(=O)OC)C(C)C. The summed E-state index contributed by atoms with van der Waals surface area (Å²) in [6, 6.07) is 0. The van der Waals surface area contributed by atoms with Gasteiger partial charge < -0.3 is 18.9 Å². The highest BCUT2D eigenvalue weighted by atomic mass is 16.5. The number of esters is 4. The van der Waals surface area contributed by atoms with Crippen LogP contribution in [0, 0.1) is 5.92 Å². The fourth-order valence-electron chi connectivity index (χ4n) is 1.72. The molecule has 0 aliphatic heterocycles. The Morgan fingerprint density at radius 2 is 1.22 bits per heavy atom. The van der Waals surface area contributed by atoms with Crippen molar-refractivity contribution in [3.8, 4) is 0 Å². The first kappa shape index (κ1) is 20.4. The van der Waals surface area contributed by atoms with Crippen LogP contribution in [0.3, 0.4) is 0 Å². The maximum atomic E-state index is 12.1. The van der Waals surface area contributed by atoms with E-state index >= 15 is 0 Å². The van der Waals surface area contributed by atoms with Crippen LogP contribution in [0.1, 0.15) is 13.8 Å². The standard InChI is InChI=1S/C15H20O8/c1-8(2)11(14(18)22-5)12(15(19)23-6)9(13(17)21-4)7-10(16)20-3/h7-8H,1-6H3/b9-7-,12-11-. The quantitative estimate of drug-likeness (QED) is 0.301. The second-order valence-corrected chi connectivity index (χ2v) is 4.50. The van der Waals surface area contributed by atoms with Crippen LogP contribution in [0.4, 0.5) is 0 Å². The summed E-state index contributed by atoms with van der Waals surface area (Å²) in [6.45, 7) is 3.23. The molecule has 8 nitrogen and oxygen atoms in total. The molecule has 0 aromatic rings. The molecule has 8 heteroatoms. The largest absolute Gasteiger partial charge is 0.466 e. The van der Waals surface area contributed by atoms with Crippen molar-refractivity contribution >= 4 is 23.9 Å². The molecule has 0 aliphatic rings. The lowest BCUT2D eigenvalue weighted by Crippen LogP contribution is -2.23. The highest BCUT2D eigenvalue weighted by Crippen LogP contribution is 2.25. The maximum absolute atomic E-state index is 12.1. The van der Waals surface area contributed by atoms with E-state index in [0.717, 1.165) is 34.5 Å². The number of hydrogen-bond acceptors (Lipinski definition) is 8. The van der Waals surface area contributed by atoms with Gasteiger partial charge in [-0.2, -0.15) is 0 Å². The number of methoxy groups -OCH3 is 4. The first-order chi connectivity index (χ1) is 10.7. The van der Waals surface area contributed by atoms with E-state index in [1.807, 2.05) is 0 Å². The molecule has 0 fully saturated rings. The van der Waals surface area contributed by atoms with Gasteiger partial charge in [0.2, 0.25) is 0 Å². The maximum Gasteiger partial charge on any atom is 0.339 e. The van der Waals surface area contributed by atoms with Crippen LogP contribution < -0.4 is 0 Å². The number of carbonyl (C=O) groups excluding carboxylic acids is 4. The Morgan fingerprint density at radius 1 is 0.739 bits per heavy atom. The summed E-state index contributed by atoms with van der Waals surface area (Å²) in [4.78, 5) is 47.6. The number of carbonyl (C=O) groups is 4. The molecule has 0 heterocycles. The van der Waals surface area contributed by atoms with E-state index in [2.05, 4.69) is 18.9 Å². The van der Waals surface area contributed by atoms with Gasteiger partial charge in [0.25, 0.3) is 0 Å². The van der Waals surface area contributed by atoms with Gasteiger partial charge in [-0.25, -0.2) is 19.2 Å². The average molecular weight is 328 g/mol. The average Bonchev–Trinajstić information content (AvgIpc) is 2.54. The summed E-state index contributed by atoms with van der Waals surface area (Å²) in [5.74, 6) is -4.22. The van der Waals surface area contributed by atoms with Crippen LogP contribution in [-0.4, -0.2) is 52.3 Å². The van der Waals surface area contributed by atoms with Gasteiger partial charge in [-0.1, -0.05) is 13.8 Å². The molecular weight excluding hydrogens is 308 g/mol. The van der Waals surface area contributed by atoms with Gasteiger partial charge in [-0.05, 0) is 5.92 Å². The number of hydrogen-bond donors (Lipinski definition) is 0. The van der Waals surface area contributed by atoms with Crippen molar-refractivity contribution in [2.75, 3.05) is 28.4 Å². The first-order valence-corrected chi connectivity index (χ1v) is 6.54. The van der Waals surface area contributed by atoms with Gasteiger partial charge >= 0.3 is 23.9 Å². The van der Waals surface area contributed by atoms with Crippen molar-refractivity contribution in [3.05, 3.63) is 22.8 Å². The fourth-order valence-corrected chi connectivity index (χ4v) is 1.72. The van der Waals surface area contributed by atoms with E-state index in [0.29, 0.717) is 0 Å². The molecule has 0 amide bonds. The first-order valence-electron chi connectivity index (χ1n) is 6.54. The topological polar surface area (TPSA) is 105 Å². The van der Waals surface area contributed by atoms with Crippen LogP contribution >= 0.6 is 0 Å². The van der Waals surface area contributed by atoms with Crippen LogP contribution in [0.2, 0.25) is 0 Å². The van der Waals surface area contributed by atoms with Crippen LogP contribution in [0.5, 0.6) is 0 Å². The molecule has 0 unspecified atom stereocenters. The summed E-state index contributed by atoms with van der Waals surface area (Å²) in [7, 11) is 4.36. The number of ether oxygens (including phenoxy) is 4. The number of rotatable bonds is 6. The molecule has 0 rings (SSSR count). The zero-order valence-electron chi connectivity index (χ0n) is 13.9. The van der Waals surface area contributed by atoms with E-state index in [1.54, 1.807) is 13.8 Å². The molecular formula is C15H20O8. The molecule has 0 saturated heterocycles. The minimum absolute atomic E-state index is 0.125. The second-order valence-electron chi connectivity index (χ2n) is 4.50. The lowest BCUT2D eigenvalue weighted by Gasteiger charge is -2.16. The third-order valence-electron chi connectivity index (χ3n) is 2.78. The molecule has 23 heavy (non-hydrogen) atoms. The van der Waals surface area contributed by atoms with E-state index in [9.17, 15) is 19.2 Å². The van der Waals surface area contributed by atoms with E-state index < -0.39 is 40.9 Å². The Bertz CT molecular complexity index is 554. The molecule has 0 atom stereocenters. The molecule has 0 saturated carbocycles. The van der Waals surface area contributed by atoms with Gasteiger partial charge in [0, 0.05) is 6.08 Å². The predicted octanol–water partition coefficient (Wildman–Crippen LogP) is 0.557. The fraction of sp³-hybridized carbons (Fsp3) is 0.467. The van der Waals surface area contributed by atoms with Crippen LogP contribution in [-0.2, 0) is 38.1 Å². The molecule has 0 aliphatic carbocycles. The van der Waals surface area contributed by atoms with Gasteiger partial charge in [-0.3, -0.25) is 0 Å². The Morgan fingerprint density at radius 3 is 1.57 bits per heavy atom. The zero-order valence-corrected chi connectivity index (χ0v) is 13.9. The van der Waals surface area contributed by atoms with Gasteiger partial charge in [0.1, 0.15) is 0 Å². The minimum Gasteiger partial charge on any atom is -0.466 e. The molecule has 0 N–H and O–H groups in total. The lowest BCUT2D eigenvalue weighted by atomic mass is 9.92. The summed E-state index contributed by atoms with van der Waals surface area (Å²) in [6.07, 6.45) is 0.753.